The molecule has 0 aromatic heterocycles. The van der Waals surface area contributed by atoms with Gasteiger partial charge in [-0.3, -0.25) is 14.4 Å². The van der Waals surface area contributed by atoms with E-state index < -0.39 is 17.8 Å². The number of nitrogens with one attached hydrogen (secondary N) is 1. The Morgan fingerprint density at radius 2 is 2.04 bits per heavy atom. The molecule has 0 saturated carbocycles. The van der Waals surface area contributed by atoms with E-state index in [1.54, 1.807) is 6.92 Å². The van der Waals surface area contributed by atoms with Crippen molar-refractivity contribution in [1.29, 1.82) is 0 Å². The maximum Gasteiger partial charge on any atom is 0.303 e. The molecule has 1 aliphatic rings. The van der Waals surface area contributed by atoms with Crippen molar-refractivity contribution in [2.45, 2.75) is 19.8 Å². The van der Waals surface area contributed by atoms with Crippen molar-refractivity contribution in [3.8, 4) is 0 Å². The zero-order chi connectivity index (χ0) is 17.0. The van der Waals surface area contributed by atoms with Crippen LogP contribution in [0.1, 0.15) is 19.8 Å². The van der Waals surface area contributed by atoms with Crippen LogP contribution < -0.4 is 10.2 Å². The lowest BCUT2D eigenvalue weighted by Crippen LogP contribution is -2.38. The molecule has 1 fully saturated rings. The first-order valence-electron chi connectivity index (χ1n) is 7.45. The van der Waals surface area contributed by atoms with Crippen LogP contribution in [0.5, 0.6) is 0 Å². The van der Waals surface area contributed by atoms with Crippen molar-refractivity contribution in [2.24, 2.45) is 11.8 Å². The molecule has 124 valence electrons. The number of carbonyl (C=O) groups is 3. The van der Waals surface area contributed by atoms with Crippen LogP contribution in [0.25, 0.3) is 0 Å². The minimum atomic E-state index is -0.925. The summed E-state index contributed by atoms with van der Waals surface area (Å²) < 4.78 is 12.9. The van der Waals surface area contributed by atoms with Gasteiger partial charge < -0.3 is 15.3 Å². The van der Waals surface area contributed by atoms with E-state index in [2.05, 4.69) is 5.32 Å². The van der Waals surface area contributed by atoms with Crippen molar-refractivity contribution in [3.63, 3.8) is 0 Å². The summed E-state index contributed by atoms with van der Waals surface area (Å²) in [5.41, 5.74) is 0.561. The Balaban J connectivity index is 1.92. The molecule has 0 spiro atoms. The standard InChI is InChI=1S/C16H19FN2O4/c1-10(8-14(20)21)9-18-15(22)13-6-7-19(16(13)23)12-4-2-11(17)3-5-12/h2-5,10,13H,6-9H2,1H3,(H,18,22)(H,20,21). The van der Waals surface area contributed by atoms with Gasteiger partial charge in [0, 0.05) is 25.2 Å². The first-order chi connectivity index (χ1) is 10.9. The van der Waals surface area contributed by atoms with Gasteiger partial charge in [0.15, 0.2) is 0 Å². The molecule has 6 nitrogen and oxygen atoms in total. The Labute approximate surface area is 133 Å². The number of benzene rings is 1. The smallest absolute Gasteiger partial charge is 0.303 e. The molecule has 2 N–H and O–H groups in total. The predicted molar refractivity (Wildman–Crippen MR) is 81.3 cm³/mol. The van der Waals surface area contributed by atoms with Gasteiger partial charge in [0.05, 0.1) is 0 Å². The van der Waals surface area contributed by atoms with Crippen LogP contribution in [0.4, 0.5) is 10.1 Å². The van der Waals surface area contributed by atoms with Crippen molar-refractivity contribution in [3.05, 3.63) is 30.1 Å². The van der Waals surface area contributed by atoms with Gasteiger partial charge in [-0.15, -0.1) is 0 Å². The number of carbonyl (C=O) groups excluding carboxylic acids is 2. The number of hydrogen-bond donors (Lipinski definition) is 2. The lowest BCUT2D eigenvalue weighted by atomic mass is 10.1. The Morgan fingerprint density at radius 1 is 1.39 bits per heavy atom. The lowest BCUT2D eigenvalue weighted by molar-refractivity contribution is -0.138. The highest BCUT2D eigenvalue weighted by Gasteiger charge is 2.37. The number of aliphatic carboxylic acids is 1. The van der Waals surface area contributed by atoms with E-state index in [0.29, 0.717) is 18.7 Å². The summed E-state index contributed by atoms with van der Waals surface area (Å²) in [6, 6.07) is 5.54. The largest absolute Gasteiger partial charge is 0.481 e. The molecule has 2 rings (SSSR count). The van der Waals surface area contributed by atoms with Crippen molar-refractivity contribution >= 4 is 23.5 Å². The van der Waals surface area contributed by atoms with Crippen molar-refractivity contribution in [2.75, 3.05) is 18.0 Å². The van der Waals surface area contributed by atoms with E-state index in [4.69, 9.17) is 5.11 Å². The highest BCUT2D eigenvalue weighted by Crippen LogP contribution is 2.25. The molecule has 23 heavy (non-hydrogen) atoms. The first-order valence-corrected chi connectivity index (χ1v) is 7.45. The van der Waals surface area contributed by atoms with E-state index in [1.807, 2.05) is 0 Å². The van der Waals surface area contributed by atoms with E-state index >= 15 is 0 Å². The molecule has 7 heteroatoms. The number of hydrogen-bond acceptors (Lipinski definition) is 3. The quantitative estimate of drug-likeness (QED) is 0.775. The average molecular weight is 322 g/mol. The Bertz CT molecular complexity index is 603. The van der Waals surface area contributed by atoms with E-state index in [9.17, 15) is 18.8 Å². The monoisotopic (exact) mass is 322 g/mol. The van der Waals surface area contributed by atoms with Gasteiger partial charge in [0.25, 0.3) is 0 Å². The second kappa shape index (κ2) is 7.21. The fourth-order valence-corrected chi connectivity index (χ4v) is 2.57. The maximum atomic E-state index is 12.9. The van der Waals surface area contributed by atoms with Gasteiger partial charge in [0.2, 0.25) is 11.8 Å². The summed E-state index contributed by atoms with van der Waals surface area (Å²) in [6.07, 6.45) is 0.343. The molecule has 1 saturated heterocycles. The Kier molecular flexibility index (Phi) is 5.31. The third kappa shape index (κ3) is 4.28. The topological polar surface area (TPSA) is 86.7 Å². The molecule has 2 amide bonds. The zero-order valence-corrected chi connectivity index (χ0v) is 12.8. The van der Waals surface area contributed by atoms with E-state index in [0.717, 1.165) is 0 Å². The third-order valence-electron chi connectivity index (χ3n) is 3.81. The predicted octanol–water partition coefficient (Wildman–Crippen LogP) is 1.41. The molecule has 1 aromatic rings. The van der Waals surface area contributed by atoms with Gasteiger partial charge in [-0.25, -0.2) is 4.39 Å². The van der Waals surface area contributed by atoms with Crippen molar-refractivity contribution in [1.82, 2.24) is 5.32 Å². The molecule has 0 radical (unpaired) electrons. The molecular weight excluding hydrogens is 303 g/mol. The van der Waals surface area contributed by atoms with Gasteiger partial charge in [0.1, 0.15) is 11.7 Å². The summed E-state index contributed by atoms with van der Waals surface area (Å²) in [5, 5.41) is 11.3. The van der Waals surface area contributed by atoms with Crippen LogP contribution >= 0.6 is 0 Å². The van der Waals surface area contributed by atoms with Gasteiger partial charge in [-0.1, -0.05) is 6.92 Å². The van der Waals surface area contributed by atoms with Crippen LogP contribution in [0.15, 0.2) is 24.3 Å². The van der Waals surface area contributed by atoms with Crippen LogP contribution in [0, 0.1) is 17.7 Å². The number of rotatable bonds is 6. The number of anilines is 1. The van der Waals surface area contributed by atoms with Crippen LogP contribution in [-0.2, 0) is 14.4 Å². The van der Waals surface area contributed by atoms with Crippen LogP contribution in [0.3, 0.4) is 0 Å². The van der Waals surface area contributed by atoms with Crippen molar-refractivity contribution < 1.29 is 23.9 Å². The van der Waals surface area contributed by atoms with E-state index in [1.165, 1.54) is 29.2 Å². The normalized spacial score (nSPS) is 18.8. The summed E-state index contributed by atoms with van der Waals surface area (Å²) in [7, 11) is 0. The fourth-order valence-electron chi connectivity index (χ4n) is 2.57. The van der Waals surface area contributed by atoms with Crippen LogP contribution in [-0.4, -0.2) is 36.0 Å². The molecule has 1 aromatic carbocycles. The summed E-state index contributed by atoms with van der Waals surface area (Å²) >= 11 is 0. The maximum absolute atomic E-state index is 12.9. The first kappa shape index (κ1) is 16.9. The summed E-state index contributed by atoms with van der Waals surface area (Å²) in [4.78, 5) is 36.5. The number of carboxylic acid groups (broad SMARTS) is 1. The molecule has 1 aliphatic heterocycles. The SMILES string of the molecule is CC(CNC(=O)C1CCN(c2ccc(F)cc2)C1=O)CC(=O)O. The van der Waals surface area contributed by atoms with Crippen LogP contribution in [0.2, 0.25) is 0 Å². The number of amides is 2. The average Bonchev–Trinajstić information content (AvgIpc) is 2.87. The Morgan fingerprint density at radius 3 is 2.65 bits per heavy atom. The molecule has 0 aliphatic carbocycles. The van der Waals surface area contributed by atoms with Gasteiger partial charge >= 0.3 is 5.97 Å². The molecule has 1 heterocycles. The molecule has 2 atom stereocenters. The highest BCUT2D eigenvalue weighted by molar-refractivity contribution is 6.09. The summed E-state index contributed by atoms with van der Waals surface area (Å²) in [5.74, 6) is -3.01. The number of carboxylic acids is 1. The highest BCUT2D eigenvalue weighted by atomic mass is 19.1. The Hall–Kier alpha value is -2.44. The minimum Gasteiger partial charge on any atom is -0.481 e. The summed E-state index contributed by atoms with van der Waals surface area (Å²) in [6.45, 7) is 2.33. The fraction of sp³-hybridized carbons (Fsp3) is 0.438. The van der Waals surface area contributed by atoms with E-state index in [-0.39, 0.29) is 30.6 Å². The number of nitrogens with zero attached hydrogens (tertiary/aromatic N) is 1. The molecular formula is C16H19FN2O4. The molecule has 0 bridgehead atoms. The zero-order valence-electron chi connectivity index (χ0n) is 12.8. The third-order valence-corrected chi connectivity index (χ3v) is 3.81. The van der Waals surface area contributed by atoms with Gasteiger partial charge in [-0.2, -0.15) is 0 Å². The molecule has 2 unspecified atom stereocenters. The second-order valence-electron chi connectivity index (χ2n) is 5.76. The lowest BCUT2D eigenvalue weighted by Gasteiger charge is -2.17. The minimum absolute atomic E-state index is 0.0411. The second-order valence-corrected chi connectivity index (χ2v) is 5.76. The van der Waals surface area contributed by atoms with Gasteiger partial charge in [-0.05, 0) is 36.6 Å². The number of halogens is 1.